The van der Waals surface area contributed by atoms with Gasteiger partial charge in [-0.05, 0) is 0 Å². The summed E-state index contributed by atoms with van der Waals surface area (Å²) in [6, 6.07) is -1.29. The van der Waals surface area contributed by atoms with Crippen LogP contribution in [-0.4, -0.2) is 116 Å². The van der Waals surface area contributed by atoms with Gasteiger partial charge in [-0.15, -0.1) is 0 Å². The molecule has 0 spiro atoms. The van der Waals surface area contributed by atoms with Gasteiger partial charge < -0.3 is 55.3 Å². The lowest BCUT2D eigenvalue weighted by molar-refractivity contribution is -0.345. The number of amides is 1. The van der Waals surface area contributed by atoms with Crippen LogP contribution in [0.3, 0.4) is 0 Å². The zero-order chi connectivity index (χ0) is 19.6. The molecular weight excluding hydrogens is 358 g/mol. The second kappa shape index (κ2) is 8.84. The molecule has 0 saturated carbocycles. The maximum atomic E-state index is 11.2. The summed E-state index contributed by atoms with van der Waals surface area (Å²) in [5, 5.41) is 70.7. The molecule has 152 valence electrons. The second-order valence-corrected chi connectivity index (χ2v) is 6.26. The molecule has 12 heteroatoms. The van der Waals surface area contributed by atoms with E-state index in [1.54, 1.807) is 0 Å². The Morgan fingerprint density at radius 1 is 0.923 bits per heavy atom. The van der Waals surface area contributed by atoms with Gasteiger partial charge in [-0.1, -0.05) is 0 Å². The largest absolute Gasteiger partial charge is 0.394 e. The summed E-state index contributed by atoms with van der Waals surface area (Å²) in [5.74, 6) is -0.564. The number of hydrogen-bond acceptors (Lipinski definition) is 11. The molecule has 0 aromatic carbocycles. The predicted molar refractivity (Wildman–Crippen MR) is 80.2 cm³/mol. The molecule has 2 saturated heterocycles. The molecule has 2 fully saturated rings. The summed E-state index contributed by atoms with van der Waals surface area (Å²) >= 11 is 0. The molecule has 1 amide bonds. The van der Waals surface area contributed by atoms with E-state index < -0.39 is 80.5 Å². The summed E-state index contributed by atoms with van der Waals surface area (Å²) in [4.78, 5) is 11.2. The van der Waals surface area contributed by atoms with Crippen molar-refractivity contribution in [3.63, 3.8) is 0 Å². The van der Waals surface area contributed by atoms with Gasteiger partial charge in [0.05, 0.1) is 13.2 Å². The molecule has 8 N–H and O–H groups in total. The topological polar surface area (TPSA) is 198 Å². The first-order chi connectivity index (χ1) is 12.2. The molecule has 0 radical (unpaired) electrons. The van der Waals surface area contributed by atoms with Crippen LogP contribution in [0.1, 0.15) is 6.92 Å². The number of ether oxygens (including phenoxy) is 3. The SMILES string of the molecule is CC(=O)N[C@@H]1[C@H](O)[C@H](O[C@H]2O[C@@H](CO)[C@@H](O)[C@@H](O)[C@H]2O)[C@H](CO)O[C@@H]1O. The van der Waals surface area contributed by atoms with Gasteiger partial charge in [-0.3, -0.25) is 4.79 Å². The lowest BCUT2D eigenvalue weighted by atomic mass is 9.95. The molecule has 2 heterocycles. The van der Waals surface area contributed by atoms with Crippen LogP contribution in [-0.2, 0) is 19.0 Å². The van der Waals surface area contributed by atoms with Crippen LogP contribution in [0.5, 0.6) is 0 Å². The zero-order valence-corrected chi connectivity index (χ0v) is 14.0. The van der Waals surface area contributed by atoms with Crippen LogP contribution in [0, 0.1) is 0 Å². The zero-order valence-electron chi connectivity index (χ0n) is 14.0. The highest BCUT2D eigenvalue weighted by Crippen LogP contribution is 2.28. The highest BCUT2D eigenvalue weighted by molar-refractivity contribution is 5.73. The fourth-order valence-electron chi connectivity index (χ4n) is 2.98. The third-order valence-electron chi connectivity index (χ3n) is 4.38. The Kier molecular flexibility index (Phi) is 7.27. The van der Waals surface area contributed by atoms with Crippen LogP contribution in [0.15, 0.2) is 0 Å². The van der Waals surface area contributed by atoms with Gasteiger partial charge in [0.15, 0.2) is 12.6 Å². The third-order valence-corrected chi connectivity index (χ3v) is 4.38. The maximum absolute atomic E-state index is 11.2. The number of nitrogens with one attached hydrogen (secondary N) is 1. The molecule has 2 aliphatic rings. The van der Waals surface area contributed by atoms with Gasteiger partial charge >= 0.3 is 0 Å². The average Bonchev–Trinajstić information content (AvgIpc) is 2.60. The lowest BCUT2D eigenvalue weighted by Gasteiger charge is -2.46. The van der Waals surface area contributed by atoms with E-state index in [4.69, 9.17) is 14.2 Å². The monoisotopic (exact) mass is 383 g/mol. The van der Waals surface area contributed by atoms with Crippen molar-refractivity contribution in [3.05, 3.63) is 0 Å². The highest BCUT2D eigenvalue weighted by Gasteiger charge is 2.50. The van der Waals surface area contributed by atoms with Crippen LogP contribution in [0.25, 0.3) is 0 Å². The standard InChI is InChI=1S/C14H25NO11/c1-4(18)15-7-9(20)12(6(3-17)24-13(7)23)26-14-11(22)10(21)8(19)5(2-16)25-14/h5-14,16-17,19-23H,2-3H2,1H3,(H,15,18)/t5-,6-,7+,8+,9-,10+,11+,12+,13-,14+/m0/s1. The van der Waals surface area contributed by atoms with Crippen molar-refractivity contribution in [1.29, 1.82) is 0 Å². The Morgan fingerprint density at radius 2 is 1.54 bits per heavy atom. The molecule has 0 bridgehead atoms. The number of hydrogen-bond donors (Lipinski definition) is 8. The van der Waals surface area contributed by atoms with Gasteiger partial charge in [0.2, 0.25) is 5.91 Å². The minimum Gasteiger partial charge on any atom is -0.394 e. The average molecular weight is 383 g/mol. The Morgan fingerprint density at radius 3 is 2.08 bits per heavy atom. The van der Waals surface area contributed by atoms with Gasteiger partial charge in [0.25, 0.3) is 0 Å². The summed E-state index contributed by atoms with van der Waals surface area (Å²) < 4.78 is 15.7. The van der Waals surface area contributed by atoms with Gasteiger partial charge in [-0.25, -0.2) is 0 Å². The highest BCUT2D eigenvalue weighted by atomic mass is 16.7. The Bertz CT molecular complexity index is 478. The Labute approximate surface area is 148 Å². The van der Waals surface area contributed by atoms with Crippen LogP contribution in [0.2, 0.25) is 0 Å². The summed E-state index contributed by atoms with van der Waals surface area (Å²) in [6.07, 6.45) is -13.6. The third kappa shape index (κ3) is 4.31. The lowest BCUT2D eigenvalue weighted by Crippen LogP contribution is -2.67. The molecule has 10 atom stereocenters. The van der Waals surface area contributed by atoms with Crippen molar-refractivity contribution in [1.82, 2.24) is 5.32 Å². The predicted octanol–water partition coefficient (Wildman–Crippen LogP) is -5.25. The number of carbonyl (C=O) groups excluding carboxylic acids is 1. The molecule has 2 aliphatic heterocycles. The number of carbonyl (C=O) groups is 1. The summed E-state index contributed by atoms with van der Waals surface area (Å²) in [6.45, 7) is -0.195. The molecule has 0 aliphatic carbocycles. The van der Waals surface area contributed by atoms with Gasteiger partial charge in [0, 0.05) is 6.92 Å². The van der Waals surface area contributed by atoms with E-state index in [-0.39, 0.29) is 0 Å². The van der Waals surface area contributed by atoms with E-state index in [1.807, 2.05) is 0 Å². The van der Waals surface area contributed by atoms with Crippen LogP contribution in [0.4, 0.5) is 0 Å². The number of rotatable bonds is 5. The minimum atomic E-state index is -1.73. The number of aliphatic hydroxyl groups is 7. The first kappa shape index (κ1) is 21.4. The molecule has 0 unspecified atom stereocenters. The quantitative estimate of drug-likeness (QED) is 0.226. The molecular formula is C14H25NO11. The van der Waals surface area contributed by atoms with E-state index in [0.29, 0.717) is 0 Å². The van der Waals surface area contributed by atoms with Crippen LogP contribution >= 0.6 is 0 Å². The van der Waals surface area contributed by atoms with E-state index >= 15 is 0 Å². The summed E-state index contributed by atoms with van der Waals surface area (Å²) in [5.41, 5.74) is 0. The van der Waals surface area contributed by atoms with Gasteiger partial charge in [-0.2, -0.15) is 0 Å². The number of aliphatic hydroxyl groups excluding tert-OH is 7. The normalized spacial score (nSPS) is 46.8. The molecule has 26 heavy (non-hydrogen) atoms. The molecule has 12 nitrogen and oxygen atoms in total. The second-order valence-electron chi connectivity index (χ2n) is 6.26. The van der Waals surface area contributed by atoms with Gasteiger partial charge in [0.1, 0.15) is 48.8 Å². The van der Waals surface area contributed by atoms with Crippen molar-refractivity contribution in [3.8, 4) is 0 Å². The van der Waals surface area contributed by atoms with E-state index in [1.165, 1.54) is 0 Å². The van der Waals surface area contributed by atoms with E-state index in [0.717, 1.165) is 6.92 Å². The van der Waals surface area contributed by atoms with Crippen molar-refractivity contribution in [2.24, 2.45) is 0 Å². The summed E-state index contributed by atoms with van der Waals surface area (Å²) in [7, 11) is 0. The molecule has 0 aromatic rings. The maximum Gasteiger partial charge on any atom is 0.217 e. The van der Waals surface area contributed by atoms with Crippen molar-refractivity contribution >= 4 is 5.91 Å². The smallest absolute Gasteiger partial charge is 0.217 e. The van der Waals surface area contributed by atoms with Crippen molar-refractivity contribution < 1.29 is 54.8 Å². The van der Waals surface area contributed by atoms with E-state index in [9.17, 15) is 40.5 Å². The van der Waals surface area contributed by atoms with Crippen molar-refractivity contribution in [2.45, 2.75) is 68.3 Å². The van der Waals surface area contributed by atoms with Crippen LogP contribution < -0.4 is 5.32 Å². The first-order valence-electron chi connectivity index (χ1n) is 8.06. The molecule has 0 aromatic heterocycles. The fraction of sp³-hybridized carbons (Fsp3) is 0.929. The Hall–Kier alpha value is -0.930. The fourth-order valence-corrected chi connectivity index (χ4v) is 2.98. The van der Waals surface area contributed by atoms with Crippen molar-refractivity contribution in [2.75, 3.05) is 13.2 Å². The van der Waals surface area contributed by atoms with E-state index in [2.05, 4.69) is 5.32 Å². The molecule has 2 rings (SSSR count). The Balaban J connectivity index is 2.16. The first-order valence-corrected chi connectivity index (χ1v) is 8.06. The minimum absolute atomic E-state index is 0.564.